The van der Waals surface area contributed by atoms with Crippen LogP contribution in [0, 0.1) is 13.8 Å². The van der Waals surface area contributed by atoms with Crippen molar-refractivity contribution >= 4 is 0 Å². The fourth-order valence-corrected chi connectivity index (χ4v) is 1.81. The lowest BCUT2D eigenvalue weighted by molar-refractivity contribution is 0.132. The maximum Gasteiger partial charge on any atom is 0.163 e. The summed E-state index contributed by atoms with van der Waals surface area (Å²) in [7, 11) is 1.93. The molecule has 110 valence electrons. The molecule has 1 aromatic heterocycles. The van der Waals surface area contributed by atoms with Crippen LogP contribution in [0.2, 0.25) is 0 Å². The molecule has 5 nitrogen and oxygen atoms in total. The van der Waals surface area contributed by atoms with Crippen molar-refractivity contribution in [2.24, 2.45) is 7.05 Å². The Morgan fingerprint density at radius 3 is 2.53 bits per heavy atom. The zero-order chi connectivity index (χ0) is 14.1. The second kappa shape index (κ2) is 8.93. The Balaban J connectivity index is 2.05. The van der Waals surface area contributed by atoms with E-state index in [0.29, 0.717) is 6.61 Å². The lowest BCUT2D eigenvalue weighted by atomic mass is 10.3. The lowest BCUT2D eigenvalue weighted by Crippen LogP contribution is -2.25. The zero-order valence-electron chi connectivity index (χ0n) is 12.7. The van der Waals surface area contributed by atoms with Crippen LogP contribution >= 0.6 is 0 Å². The molecule has 0 aliphatic heterocycles. The first-order valence-corrected chi connectivity index (χ1v) is 7.08. The largest absolute Gasteiger partial charge is 0.488 e. The molecule has 1 rings (SSSR count). The van der Waals surface area contributed by atoms with Crippen LogP contribution in [0.4, 0.5) is 0 Å². The van der Waals surface area contributed by atoms with E-state index >= 15 is 0 Å². The highest BCUT2D eigenvalue weighted by molar-refractivity contribution is 5.31. The summed E-state index contributed by atoms with van der Waals surface area (Å²) in [5, 5.41) is 7.62. The third kappa shape index (κ3) is 5.61. The number of hydrogen-bond acceptors (Lipinski definition) is 4. The Labute approximate surface area is 116 Å². The van der Waals surface area contributed by atoms with E-state index in [1.807, 2.05) is 25.6 Å². The third-order valence-electron chi connectivity index (χ3n) is 3.03. The van der Waals surface area contributed by atoms with Crippen LogP contribution in [0.3, 0.4) is 0 Å². The fourth-order valence-electron chi connectivity index (χ4n) is 1.81. The number of aromatic nitrogens is 2. The van der Waals surface area contributed by atoms with Crippen molar-refractivity contribution in [2.45, 2.75) is 33.6 Å². The second-order valence-corrected chi connectivity index (χ2v) is 4.69. The number of hydrogen-bond donors (Lipinski definition) is 1. The average Bonchev–Trinajstić information content (AvgIpc) is 2.63. The van der Waals surface area contributed by atoms with E-state index in [4.69, 9.17) is 9.47 Å². The van der Waals surface area contributed by atoms with Crippen LogP contribution in [0.25, 0.3) is 0 Å². The highest BCUT2D eigenvalue weighted by Gasteiger charge is 2.09. The molecule has 1 aromatic rings. The number of unbranched alkanes of at least 4 members (excludes halogenated alkanes) is 1. The second-order valence-electron chi connectivity index (χ2n) is 4.69. The highest BCUT2D eigenvalue weighted by atomic mass is 16.5. The summed E-state index contributed by atoms with van der Waals surface area (Å²) in [6, 6.07) is 0. The summed E-state index contributed by atoms with van der Waals surface area (Å²) in [4.78, 5) is 0. The minimum atomic E-state index is 0.655. The number of nitrogens with zero attached hydrogens (tertiary/aromatic N) is 2. The van der Waals surface area contributed by atoms with Gasteiger partial charge in [-0.15, -0.1) is 0 Å². The van der Waals surface area contributed by atoms with Gasteiger partial charge in [-0.1, -0.05) is 13.3 Å². The van der Waals surface area contributed by atoms with Gasteiger partial charge in [-0.25, -0.2) is 0 Å². The van der Waals surface area contributed by atoms with Crippen LogP contribution in [0.15, 0.2) is 0 Å². The van der Waals surface area contributed by atoms with Gasteiger partial charge < -0.3 is 14.8 Å². The van der Waals surface area contributed by atoms with Gasteiger partial charge in [0, 0.05) is 26.7 Å². The molecule has 0 atom stereocenters. The first kappa shape index (κ1) is 16.0. The van der Waals surface area contributed by atoms with Gasteiger partial charge in [0.2, 0.25) is 0 Å². The summed E-state index contributed by atoms with van der Waals surface area (Å²) in [6.45, 7) is 10.1. The van der Waals surface area contributed by atoms with Gasteiger partial charge in [0.25, 0.3) is 0 Å². The lowest BCUT2D eigenvalue weighted by Gasteiger charge is -2.08. The summed E-state index contributed by atoms with van der Waals surface area (Å²) >= 11 is 0. The van der Waals surface area contributed by atoms with Gasteiger partial charge in [-0.3, -0.25) is 4.68 Å². The molecule has 0 bridgehead atoms. The first-order valence-electron chi connectivity index (χ1n) is 7.08. The van der Waals surface area contributed by atoms with Gasteiger partial charge in [-0.2, -0.15) is 5.10 Å². The van der Waals surface area contributed by atoms with E-state index in [1.54, 1.807) is 0 Å². The molecule has 0 spiro atoms. The summed E-state index contributed by atoms with van der Waals surface area (Å²) in [6.07, 6.45) is 2.33. The van der Waals surface area contributed by atoms with Crippen molar-refractivity contribution in [1.29, 1.82) is 0 Å². The van der Waals surface area contributed by atoms with Crippen LogP contribution in [-0.2, 0) is 11.8 Å². The van der Waals surface area contributed by atoms with Crippen molar-refractivity contribution in [3.63, 3.8) is 0 Å². The molecule has 0 aromatic carbocycles. The minimum Gasteiger partial charge on any atom is -0.488 e. The number of aryl methyl sites for hydroxylation is 2. The van der Waals surface area contributed by atoms with Gasteiger partial charge in [0.05, 0.1) is 12.3 Å². The Morgan fingerprint density at radius 2 is 1.89 bits per heavy atom. The van der Waals surface area contributed by atoms with Crippen LogP contribution in [0.5, 0.6) is 5.75 Å². The molecule has 19 heavy (non-hydrogen) atoms. The van der Waals surface area contributed by atoms with Crippen molar-refractivity contribution in [1.82, 2.24) is 15.1 Å². The number of nitrogens with one attached hydrogen (secondary N) is 1. The molecule has 0 saturated heterocycles. The summed E-state index contributed by atoms with van der Waals surface area (Å²) in [5.41, 5.74) is 2.02. The topological polar surface area (TPSA) is 48.3 Å². The standard InChI is InChI=1S/C14H27N3O2/c1-5-6-9-18-10-7-15-8-11-19-14-12(2)16-17(4)13(14)3/h15H,5-11H2,1-4H3. The van der Waals surface area contributed by atoms with Crippen molar-refractivity contribution in [3.05, 3.63) is 11.4 Å². The predicted octanol–water partition coefficient (Wildman–Crippen LogP) is 1.82. The Hall–Kier alpha value is -1.07. The molecular formula is C14H27N3O2. The summed E-state index contributed by atoms with van der Waals surface area (Å²) in [5.74, 6) is 0.906. The quantitative estimate of drug-likeness (QED) is 0.658. The molecule has 0 saturated carbocycles. The van der Waals surface area contributed by atoms with E-state index in [0.717, 1.165) is 49.9 Å². The molecule has 0 amide bonds. The molecule has 0 unspecified atom stereocenters. The molecule has 0 aliphatic carbocycles. The smallest absolute Gasteiger partial charge is 0.163 e. The zero-order valence-corrected chi connectivity index (χ0v) is 12.7. The number of ether oxygens (including phenoxy) is 2. The van der Waals surface area contributed by atoms with E-state index in [2.05, 4.69) is 17.3 Å². The summed E-state index contributed by atoms with van der Waals surface area (Å²) < 4.78 is 13.1. The van der Waals surface area contributed by atoms with E-state index < -0.39 is 0 Å². The predicted molar refractivity (Wildman–Crippen MR) is 76.8 cm³/mol. The highest BCUT2D eigenvalue weighted by Crippen LogP contribution is 2.20. The Bertz CT molecular complexity index is 364. The minimum absolute atomic E-state index is 0.655. The Morgan fingerprint density at radius 1 is 1.16 bits per heavy atom. The normalized spacial score (nSPS) is 10.9. The van der Waals surface area contributed by atoms with E-state index in [-0.39, 0.29) is 0 Å². The van der Waals surface area contributed by atoms with Crippen molar-refractivity contribution in [3.8, 4) is 5.75 Å². The molecule has 5 heteroatoms. The van der Waals surface area contributed by atoms with E-state index in [9.17, 15) is 0 Å². The monoisotopic (exact) mass is 269 g/mol. The van der Waals surface area contributed by atoms with Crippen LogP contribution in [-0.4, -0.2) is 42.7 Å². The van der Waals surface area contributed by atoms with Crippen molar-refractivity contribution in [2.75, 3.05) is 32.9 Å². The maximum atomic E-state index is 5.75. The molecule has 0 aliphatic rings. The Kier molecular flexibility index (Phi) is 7.52. The number of rotatable bonds is 10. The molecular weight excluding hydrogens is 242 g/mol. The molecule has 1 N–H and O–H groups in total. The first-order chi connectivity index (χ1) is 9.16. The average molecular weight is 269 g/mol. The van der Waals surface area contributed by atoms with Gasteiger partial charge in [0.1, 0.15) is 12.3 Å². The van der Waals surface area contributed by atoms with Crippen LogP contribution < -0.4 is 10.1 Å². The van der Waals surface area contributed by atoms with Gasteiger partial charge in [0.15, 0.2) is 5.75 Å². The van der Waals surface area contributed by atoms with Gasteiger partial charge in [-0.05, 0) is 20.3 Å². The van der Waals surface area contributed by atoms with Crippen LogP contribution in [0.1, 0.15) is 31.2 Å². The molecule has 1 heterocycles. The maximum absolute atomic E-state index is 5.75. The third-order valence-corrected chi connectivity index (χ3v) is 3.03. The fraction of sp³-hybridized carbons (Fsp3) is 0.786. The SMILES string of the molecule is CCCCOCCNCCOc1c(C)nn(C)c1C. The van der Waals surface area contributed by atoms with E-state index in [1.165, 1.54) is 6.42 Å². The van der Waals surface area contributed by atoms with Crippen molar-refractivity contribution < 1.29 is 9.47 Å². The molecule has 0 radical (unpaired) electrons. The van der Waals surface area contributed by atoms with Gasteiger partial charge >= 0.3 is 0 Å². The molecule has 0 fully saturated rings.